The molecule has 0 aliphatic heterocycles. The Morgan fingerprint density at radius 1 is 1.21 bits per heavy atom. The first kappa shape index (κ1) is 18.0. The summed E-state index contributed by atoms with van der Waals surface area (Å²) in [5.41, 5.74) is 13.5. The minimum atomic E-state index is 0.616. The van der Waals surface area contributed by atoms with E-state index in [1.807, 2.05) is 12.3 Å². The van der Waals surface area contributed by atoms with Crippen LogP contribution < -0.4 is 5.73 Å². The third-order valence-corrected chi connectivity index (χ3v) is 4.46. The lowest BCUT2D eigenvalue weighted by atomic mass is 9.94. The number of pyridine rings is 1. The summed E-state index contributed by atoms with van der Waals surface area (Å²) in [6.45, 7) is 10.3. The molecule has 126 valence electrons. The monoisotopic (exact) mass is 320 g/mol. The van der Waals surface area contributed by atoms with E-state index in [2.05, 4.69) is 62.7 Å². The summed E-state index contributed by atoms with van der Waals surface area (Å²) in [4.78, 5) is 4.34. The van der Waals surface area contributed by atoms with Gasteiger partial charge in [0.1, 0.15) is 5.82 Å². The topological polar surface area (TPSA) is 38.9 Å². The molecule has 24 heavy (non-hydrogen) atoms. The molecule has 0 spiro atoms. The molecule has 0 unspecified atom stereocenters. The maximum atomic E-state index is 6.16. The Kier molecular flexibility index (Phi) is 6.36. The number of hydrogen-bond donors (Lipinski definition) is 1. The Bertz CT molecular complexity index is 724. The maximum absolute atomic E-state index is 6.16. The van der Waals surface area contributed by atoms with Crippen LogP contribution >= 0.6 is 0 Å². The van der Waals surface area contributed by atoms with Crippen LogP contribution in [0.1, 0.15) is 43.4 Å². The number of nitrogens with two attached hydrogens (primary N) is 1. The first-order valence-corrected chi connectivity index (χ1v) is 8.75. The summed E-state index contributed by atoms with van der Waals surface area (Å²) in [7, 11) is 0. The van der Waals surface area contributed by atoms with E-state index in [0.717, 1.165) is 36.8 Å². The Morgan fingerprint density at radius 3 is 2.50 bits per heavy atom. The van der Waals surface area contributed by atoms with Gasteiger partial charge < -0.3 is 5.73 Å². The summed E-state index contributed by atoms with van der Waals surface area (Å²) in [6.07, 6.45) is 10.1. The van der Waals surface area contributed by atoms with Crippen LogP contribution in [-0.4, -0.2) is 4.98 Å². The van der Waals surface area contributed by atoms with E-state index in [9.17, 15) is 0 Å². The number of benzene rings is 1. The molecule has 1 heterocycles. The zero-order chi connectivity index (χ0) is 17.5. The molecule has 2 nitrogen and oxygen atoms in total. The first-order chi connectivity index (χ1) is 11.6. The zero-order valence-electron chi connectivity index (χ0n) is 15.1. The molecule has 0 fully saturated rings. The van der Waals surface area contributed by atoms with Gasteiger partial charge in [-0.3, -0.25) is 0 Å². The summed E-state index contributed by atoms with van der Waals surface area (Å²) in [5, 5.41) is 0. The molecule has 2 rings (SSSR count). The van der Waals surface area contributed by atoms with E-state index < -0.39 is 0 Å². The Balaban J connectivity index is 2.23. The summed E-state index contributed by atoms with van der Waals surface area (Å²) in [5.74, 6) is 0.616. The Labute approximate surface area is 146 Å². The minimum Gasteiger partial charge on any atom is -0.383 e. The van der Waals surface area contributed by atoms with Gasteiger partial charge in [0.05, 0.1) is 0 Å². The van der Waals surface area contributed by atoms with Gasteiger partial charge in [-0.15, -0.1) is 0 Å². The second-order valence-corrected chi connectivity index (χ2v) is 6.12. The van der Waals surface area contributed by atoms with Gasteiger partial charge in [-0.2, -0.15) is 0 Å². The van der Waals surface area contributed by atoms with Crippen molar-refractivity contribution in [2.45, 2.75) is 46.5 Å². The first-order valence-electron chi connectivity index (χ1n) is 8.75. The Hall–Kier alpha value is -2.35. The predicted octanol–water partition coefficient (Wildman–Crippen LogP) is 5.66. The number of allylic oxidation sites excluding steroid dienone is 3. The smallest absolute Gasteiger partial charge is 0.131 e. The van der Waals surface area contributed by atoms with Gasteiger partial charge in [0, 0.05) is 11.8 Å². The standard InChI is InChI=1S/C22H28N2/c1-5-8-17(6-2)9-10-18-11-13-19(14-12-18)21-20(7-3)16(4)15-24-22(21)23/h6,8,11-15H,2,5,7,9-10H2,1,3-4H3,(H2,23,24)/b17-8+. The average Bonchev–Trinajstić information content (AvgIpc) is 2.61. The fourth-order valence-corrected chi connectivity index (χ4v) is 3.11. The molecular weight excluding hydrogens is 292 g/mol. The van der Waals surface area contributed by atoms with Crippen LogP contribution in [0.4, 0.5) is 5.82 Å². The molecule has 0 bridgehead atoms. The van der Waals surface area contributed by atoms with Crippen molar-refractivity contribution < 1.29 is 0 Å². The zero-order valence-corrected chi connectivity index (χ0v) is 15.1. The van der Waals surface area contributed by atoms with Gasteiger partial charge in [0.25, 0.3) is 0 Å². The van der Waals surface area contributed by atoms with E-state index in [4.69, 9.17) is 5.73 Å². The van der Waals surface area contributed by atoms with Crippen LogP contribution in [0, 0.1) is 6.92 Å². The van der Waals surface area contributed by atoms with Crippen molar-refractivity contribution in [3.63, 3.8) is 0 Å². The molecule has 0 aliphatic rings. The van der Waals surface area contributed by atoms with Gasteiger partial charge in [0.15, 0.2) is 0 Å². The molecule has 0 aliphatic carbocycles. The van der Waals surface area contributed by atoms with Crippen molar-refractivity contribution in [1.82, 2.24) is 4.98 Å². The average molecular weight is 320 g/mol. The van der Waals surface area contributed by atoms with Crippen molar-refractivity contribution in [3.8, 4) is 11.1 Å². The van der Waals surface area contributed by atoms with E-state index in [1.165, 1.54) is 22.3 Å². The van der Waals surface area contributed by atoms with Gasteiger partial charge in [-0.05, 0) is 54.9 Å². The quantitative estimate of drug-likeness (QED) is 0.669. The molecule has 1 aromatic heterocycles. The third-order valence-electron chi connectivity index (χ3n) is 4.46. The molecule has 2 aromatic rings. The molecule has 1 aromatic carbocycles. The summed E-state index contributed by atoms with van der Waals surface area (Å²) in [6, 6.07) is 8.73. The van der Waals surface area contributed by atoms with E-state index in [0.29, 0.717) is 5.82 Å². The van der Waals surface area contributed by atoms with Crippen LogP contribution in [0.25, 0.3) is 11.1 Å². The Morgan fingerprint density at radius 2 is 1.92 bits per heavy atom. The second-order valence-electron chi connectivity index (χ2n) is 6.12. The highest BCUT2D eigenvalue weighted by Gasteiger charge is 2.11. The highest BCUT2D eigenvalue weighted by atomic mass is 14.8. The number of aryl methyl sites for hydroxylation is 2. The molecular formula is C22H28N2. The highest BCUT2D eigenvalue weighted by molar-refractivity contribution is 5.78. The number of nitrogen functional groups attached to an aromatic ring is 1. The van der Waals surface area contributed by atoms with E-state index in [1.54, 1.807) is 0 Å². The lowest BCUT2D eigenvalue weighted by Crippen LogP contribution is -2.01. The fourth-order valence-electron chi connectivity index (χ4n) is 3.11. The lowest BCUT2D eigenvalue weighted by molar-refractivity contribution is 0.954. The number of anilines is 1. The van der Waals surface area contributed by atoms with Gasteiger partial charge >= 0.3 is 0 Å². The molecule has 2 N–H and O–H groups in total. The molecule has 0 amide bonds. The van der Waals surface area contributed by atoms with Crippen LogP contribution in [-0.2, 0) is 12.8 Å². The number of hydrogen-bond acceptors (Lipinski definition) is 2. The normalized spacial score (nSPS) is 11.5. The summed E-state index contributed by atoms with van der Waals surface area (Å²) < 4.78 is 0. The number of nitrogens with zero attached hydrogens (tertiary/aromatic N) is 1. The minimum absolute atomic E-state index is 0.616. The predicted molar refractivity (Wildman–Crippen MR) is 105 cm³/mol. The van der Waals surface area contributed by atoms with Crippen molar-refractivity contribution >= 4 is 5.82 Å². The number of rotatable bonds is 7. The van der Waals surface area contributed by atoms with Crippen LogP contribution in [0.2, 0.25) is 0 Å². The highest BCUT2D eigenvalue weighted by Crippen LogP contribution is 2.31. The SMILES string of the molecule is C=C/C(=C\CC)CCc1ccc(-c2c(N)ncc(C)c2CC)cc1. The van der Waals surface area contributed by atoms with E-state index in [-0.39, 0.29) is 0 Å². The van der Waals surface area contributed by atoms with Crippen LogP contribution in [0.15, 0.2) is 54.8 Å². The van der Waals surface area contributed by atoms with Gasteiger partial charge in [-0.25, -0.2) is 4.98 Å². The van der Waals surface area contributed by atoms with Crippen molar-refractivity contribution in [1.29, 1.82) is 0 Å². The molecule has 0 atom stereocenters. The molecule has 0 saturated carbocycles. The van der Waals surface area contributed by atoms with Crippen LogP contribution in [0.3, 0.4) is 0 Å². The van der Waals surface area contributed by atoms with Crippen molar-refractivity contribution in [2.24, 2.45) is 0 Å². The fraction of sp³-hybridized carbons (Fsp3) is 0.318. The second kappa shape index (κ2) is 8.49. The van der Waals surface area contributed by atoms with E-state index >= 15 is 0 Å². The van der Waals surface area contributed by atoms with Gasteiger partial charge in [-0.1, -0.05) is 62.4 Å². The maximum Gasteiger partial charge on any atom is 0.131 e. The molecule has 2 heteroatoms. The van der Waals surface area contributed by atoms with Gasteiger partial charge in [0.2, 0.25) is 0 Å². The third kappa shape index (κ3) is 4.14. The van der Waals surface area contributed by atoms with Crippen molar-refractivity contribution in [3.05, 3.63) is 71.5 Å². The lowest BCUT2D eigenvalue weighted by Gasteiger charge is -2.14. The molecule has 0 radical (unpaired) electrons. The van der Waals surface area contributed by atoms with Crippen molar-refractivity contribution in [2.75, 3.05) is 5.73 Å². The molecule has 0 saturated heterocycles. The van der Waals surface area contributed by atoms with Crippen LogP contribution in [0.5, 0.6) is 0 Å². The largest absolute Gasteiger partial charge is 0.383 e. The summed E-state index contributed by atoms with van der Waals surface area (Å²) >= 11 is 0. The number of aromatic nitrogens is 1.